The quantitative estimate of drug-likeness (QED) is 0.338. The number of rotatable bonds is 3. The zero-order valence-corrected chi connectivity index (χ0v) is 12.4. The van der Waals surface area contributed by atoms with Gasteiger partial charge in [-0.25, -0.2) is 10.0 Å². The molecule has 0 bridgehead atoms. The number of hydroxylamine groups is 1. The van der Waals surface area contributed by atoms with Crippen LogP contribution in [0.5, 0.6) is 0 Å². The summed E-state index contributed by atoms with van der Waals surface area (Å²) >= 11 is 5.91. The first-order chi connectivity index (χ1) is 10.6. The molecule has 4 N–H and O–H groups in total. The number of amidine groups is 1. The molecular formula is C14H13ClN6O. The number of hydrogen-bond acceptors (Lipinski definition) is 5. The van der Waals surface area contributed by atoms with E-state index in [4.69, 9.17) is 17.0 Å². The fourth-order valence-corrected chi connectivity index (χ4v) is 2.26. The molecule has 3 aromatic rings. The van der Waals surface area contributed by atoms with Gasteiger partial charge >= 0.3 is 0 Å². The number of nitrogens with zero attached hydrogens (tertiary/aromatic N) is 3. The number of halogens is 1. The maximum absolute atomic E-state index is 10.3. The summed E-state index contributed by atoms with van der Waals surface area (Å²) in [7, 11) is 1.73. The van der Waals surface area contributed by atoms with Gasteiger partial charge in [-0.3, -0.25) is 10.6 Å². The molecule has 0 aliphatic heterocycles. The number of fused-ring (bicyclic) bond motifs is 1. The Morgan fingerprint density at radius 3 is 2.95 bits per heavy atom. The van der Waals surface area contributed by atoms with Crippen molar-refractivity contribution < 1.29 is 5.21 Å². The molecule has 3 rings (SSSR count). The van der Waals surface area contributed by atoms with E-state index < -0.39 is 0 Å². The largest absolute Gasteiger partial charge is 0.359 e. The van der Waals surface area contributed by atoms with Crippen molar-refractivity contribution in [1.29, 1.82) is 5.41 Å². The van der Waals surface area contributed by atoms with Gasteiger partial charge in [-0.2, -0.15) is 4.98 Å². The Labute approximate surface area is 131 Å². The van der Waals surface area contributed by atoms with Crippen LogP contribution in [-0.4, -0.2) is 33.0 Å². The number of benzene rings is 1. The summed E-state index contributed by atoms with van der Waals surface area (Å²) in [5.74, 6) is 0.427. The van der Waals surface area contributed by atoms with E-state index in [0.717, 1.165) is 5.06 Å². The van der Waals surface area contributed by atoms with Crippen LogP contribution in [0.25, 0.3) is 11.2 Å². The van der Waals surface area contributed by atoms with E-state index in [1.165, 1.54) is 6.20 Å². The molecule has 0 radical (unpaired) electrons. The average Bonchev–Trinajstić information content (AvgIpc) is 2.96. The van der Waals surface area contributed by atoms with Gasteiger partial charge < -0.3 is 10.3 Å². The van der Waals surface area contributed by atoms with E-state index in [9.17, 15) is 5.21 Å². The van der Waals surface area contributed by atoms with Gasteiger partial charge in [0.1, 0.15) is 0 Å². The molecule has 0 amide bonds. The smallest absolute Gasteiger partial charge is 0.202 e. The Morgan fingerprint density at radius 1 is 1.41 bits per heavy atom. The topological polar surface area (TPSA) is 101 Å². The van der Waals surface area contributed by atoms with Gasteiger partial charge in [-0.1, -0.05) is 17.7 Å². The summed E-state index contributed by atoms with van der Waals surface area (Å²) in [6, 6.07) is 8.26. The van der Waals surface area contributed by atoms with Crippen LogP contribution in [0.2, 0.25) is 5.02 Å². The highest BCUT2D eigenvalue weighted by Crippen LogP contribution is 2.22. The SMILES string of the molecule is CNc1nc2nccc(C(=N)N(O)c3cccc(Cl)c3)c2[nH]1. The van der Waals surface area contributed by atoms with E-state index in [2.05, 4.69) is 20.3 Å². The molecule has 0 saturated carbocycles. The standard InChI is InChI=1S/C14H13ClN6O/c1-17-14-19-11-10(5-6-18-13(11)20-14)12(16)21(22)9-4-2-3-8(15)7-9/h2-7,16,22H,1H3,(H2,17,18,19,20). The van der Waals surface area contributed by atoms with Crippen LogP contribution < -0.4 is 10.4 Å². The van der Waals surface area contributed by atoms with Gasteiger partial charge in [0, 0.05) is 23.8 Å². The minimum Gasteiger partial charge on any atom is -0.359 e. The minimum absolute atomic E-state index is 0.110. The Kier molecular flexibility index (Phi) is 3.66. The Bertz CT molecular complexity index is 846. The summed E-state index contributed by atoms with van der Waals surface area (Å²) in [6.07, 6.45) is 1.54. The summed E-state index contributed by atoms with van der Waals surface area (Å²) in [5.41, 5.74) is 1.90. The second-order valence-corrected chi connectivity index (χ2v) is 4.97. The van der Waals surface area contributed by atoms with Crippen molar-refractivity contribution in [3.8, 4) is 0 Å². The molecule has 1 aromatic carbocycles. The van der Waals surface area contributed by atoms with Gasteiger partial charge in [0.25, 0.3) is 0 Å². The first-order valence-corrected chi connectivity index (χ1v) is 6.84. The van der Waals surface area contributed by atoms with Crippen LogP contribution in [0.1, 0.15) is 5.56 Å². The van der Waals surface area contributed by atoms with E-state index in [1.807, 2.05) is 0 Å². The maximum Gasteiger partial charge on any atom is 0.202 e. The van der Waals surface area contributed by atoms with Gasteiger partial charge in [0.05, 0.1) is 11.2 Å². The predicted octanol–water partition coefficient (Wildman–Crippen LogP) is 2.87. The number of nitrogens with one attached hydrogen (secondary N) is 3. The highest BCUT2D eigenvalue weighted by Gasteiger charge is 2.17. The molecular weight excluding hydrogens is 304 g/mol. The van der Waals surface area contributed by atoms with E-state index in [-0.39, 0.29) is 5.84 Å². The zero-order valence-electron chi connectivity index (χ0n) is 11.6. The number of hydrogen-bond donors (Lipinski definition) is 4. The normalized spacial score (nSPS) is 10.7. The molecule has 2 aromatic heterocycles. The molecule has 8 heteroatoms. The van der Waals surface area contributed by atoms with Gasteiger partial charge in [-0.15, -0.1) is 0 Å². The van der Waals surface area contributed by atoms with Crippen LogP contribution in [0.15, 0.2) is 36.5 Å². The molecule has 0 spiro atoms. The van der Waals surface area contributed by atoms with Crippen molar-refractivity contribution in [2.75, 3.05) is 17.4 Å². The van der Waals surface area contributed by atoms with Crippen molar-refractivity contribution in [3.63, 3.8) is 0 Å². The molecule has 0 saturated heterocycles. The van der Waals surface area contributed by atoms with Crippen molar-refractivity contribution >= 4 is 40.2 Å². The number of pyridine rings is 1. The lowest BCUT2D eigenvalue weighted by molar-refractivity contribution is 0.312. The highest BCUT2D eigenvalue weighted by atomic mass is 35.5. The van der Waals surface area contributed by atoms with E-state index in [1.54, 1.807) is 37.4 Å². The Morgan fingerprint density at radius 2 is 2.23 bits per heavy atom. The molecule has 0 atom stereocenters. The first-order valence-electron chi connectivity index (χ1n) is 6.46. The summed E-state index contributed by atoms with van der Waals surface area (Å²) < 4.78 is 0. The lowest BCUT2D eigenvalue weighted by Gasteiger charge is -2.18. The number of imidazole rings is 1. The van der Waals surface area contributed by atoms with Crippen molar-refractivity contribution in [2.45, 2.75) is 0 Å². The summed E-state index contributed by atoms with van der Waals surface area (Å²) in [6.45, 7) is 0. The molecule has 7 nitrogen and oxygen atoms in total. The Hall–Kier alpha value is -2.64. The van der Waals surface area contributed by atoms with Crippen molar-refractivity contribution in [2.24, 2.45) is 0 Å². The number of aromatic amines is 1. The molecule has 2 heterocycles. The fourth-order valence-electron chi connectivity index (χ4n) is 2.08. The third kappa shape index (κ3) is 2.47. The molecule has 0 fully saturated rings. The molecule has 22 heavy (non-hydrogen) atoms. The maximum atomic E-state index is 10.3. The minimum atomic E-state index is -0.110. The molecule has 0 unspecified atom stereocenters. The van der Waals surface area contributed by atoms with Crippen molar-refractivity contribution in [1.82, 2.24) is 15.0 Å². The molecule has 0 aliphatic rings. The van der Waals surface area contributed by atoms with Gasteiger partial charge in [0.2, 0.25) is 5.95 Å². The van der Waals surface area contributed by atoms with Gasteiger partial charge in [-0.05, 0) is 24.3 Å². The van der Waals surface area contributed by atoms with Crippen LogP contribution in [0, 0.1) is 5.41 Å². The lowest BCUT2D eigenvalue weighted by atomic mass is 10.2. The van der Waals surface area contributed by atoms with Gasteiger partial charge in [0.15, 0.2) is 11.5 Å². The monoisotopic (exact) mass is 316 g/mol. The summed E-state index contributed by atoms with van der Waals surface area (Å²) in [4.78, 5) is 11.4. The van der Waals surface area contributed by atoms with Crippen LogP contribution in [0.4, 0.5) is 11.6 Å². The number of anilines is 2. The fraction of sp³-hybridized carbons (Fsp3) is 0.0714. The Balaban J connectivity index is 2.03. The number of aromatic nitrogens is 3. The van der Waals surface area contributed by atoms with Crippen molar-refractivity contribution in [3.05, 3.63) is 47.1 Å². The third-order valence-corrected chi connectivity index (χ3v) is 3.38. The first kappa shape index (κ1) is 14.3. The third-order valence-electron chi connectivity index (χ3n) is 3.15. The number of H-pyrrole nitrogens is 1. The molecule has 112 valence electrons. The second-order valence-electron chi connectivity index (χ2n) is 4.53. The lowest BCUT2D eigenvalue weighted by Crippen LogP contribution is -2.27. The second kappa shape index (κ2) is 5.63. The average molecular weight is 317 g/mol. The summed E-state index contributed by atoms with van der Waals surface area (Å²) in [5, 5.41) is 22.6. The highest BCUT2D eigenvalue weighted by molar-refractivity contribution is 6.31. The zero-order chi connectivity index (χ0) is 15.7. The molecule has 0 aliphatic carbocycles. The van der Waals surface area contributed by atoms with Crippen LogP contribution in [0.3, 0.4) is 0 Å². The van der Waals surface area contributed by atoms with E-state index >= 15 is 0 Å². The van der Waals surface area contributed by atoms with Crippen LogP contribution in [-0.2, 0) is 0 Å². The van der Waals surface area contributed by atoms with Crippen LogP contribution >= 0.6 is 11.6 Å². The predicted molar refractivity (Wildman–Crippen MR) is 86.0 cm³/mol. The van der Waals surface area contributed by atoms with E-state index in [0.29, 0.717) is 33.4 Å².